The summed E-state index contributed by atoms with van der Waals surface area (Å²) in [6.07, 6.45) is 4.21. The lowest BCUT2D eigenvalue weighted by Crippen LogP contribution is -2.30. The first-order valence-corrected chi connectivity index (χ1v) is 9.69. The van der Waals surface area contributed by atoms with Crippen LogP contribution in [0, 0.1) is 21.2 Å². The molecule has 2 aromatic carbocycles. The number of pyridine rings is 1. The Labute approximate surface area is 176 Å². The molecule has 0 aliphatic heterocycles. The van der Waals surface area contributed by atoms with E-state index in [2.05, 4.69) is 50.0 Å². The van der Waals surface area contributed by atoms with Gasteiger partial charge in [-0.05, 0) is 83.1 Å². The van der Waals surface area contributed by atoms with Gasteiger partial charge in [0.2, 0.25) is 0 Å². The zero-order valence-electron chi connectivity index (χ0n) is 14.9. The average molecular weight is 485 g/mol. The predicted molar refractivity (Wildman–Crippen MR) is 117 cm³/mol. The zero-order valence-corrected chi connectivity index (χ0v) is 17.0. The number of amides is 2. The molecule has 2 N–H and O–H groups in total. The number of aromatic nitrogens is 1. The number of carbonyl (C=O) groups excluding carboxylic acids is 1. The number of halogens is 2. The highest BCUT2D eigenvalue weighted by Gasteiger charge is 2.04. The van der Waals surface area contributed by atoms with E-state index in [0.717, 1.165) is 20.3 Å². The minimum Gasteiger partial charge on any atom is -0.338 e. The minimum absolute atomic E-state index is 0.275. The van der Waals surface area contributed by atoms with Crippen LogP contribution in [0.4, 0.5) is 14.9 Å². The van der Waals surface area contributed by atoms with Crippen molar-refractivity contribution in [2.75, 3.05) is 11.9 Å². The van der Waals surface area contributed by atoms with Gasteiger partial charge in [-0.25, -0.2) is 9.18 Å². The minimum atomic E-state index is -0.291. The molecule has 3 aromatic rings. The molecule has 0 atom stereocenters. The van der Waals surface area contributed by atoms with Crippen LogP contribution in [0.15, 0.2) is 67.0 Å². The second-order valence-corrected chi connectivity index (χ2v) is 7.11. The van der Waals surface area contributed by atoms with E-state index < -0.39 is 0 Å². The molecule has 0 radical (unpaired) electrons. The third kappa shape index (κ3) is 6.06. The molecule has 140 valence electrons. The molecule has 0 aliphatic rings. The number of anilines is 1. The Kier molecular flexibility index (Phi) is 6.98. The summed E-state index contributed by atoms with van der Waals surface area (Å²) in [6, 6.07) is 15.1. The first kappa shape index (κ1) is 19.8. The lowest BCUT2D eigenvalue weighted by molar-refractivity contribution is 0.252. The summed E-state index contributed by atoms with van der Waals surface area (Å²) in [5, 5.41) is 5.64. The summed E-state index contributed by atoms with van der Waals surface area (Å²) < 4.78 is 13.9. The Morgan fingerprint density at radius 2 is 1.93 bits per heavy atom. The van der Waals surface area contributed by atoms with Gasteiger partial charge in [-0.3, -0.25) is 4.98 Å². The fraction of sp³-hybridized carbons (Fsp3) is 0.0909. The fourth-order valence-corrected chi connectivity index (χ4v) is 2.88. The Balaban J connectivity index is 1.59. The maximum absolute atomic E-state index is 13.0. The van der Waals surface area contributed by atoms with Crippen molar-refractivity contribution >= 4 is 34.3 Å². The van der Waals surface area contributed by atoms with Crippen LogP contribution < -0.4 is 10.6 Å². The van der Waals surface area contributed by atoms with Crippen LogP contribution in [0.5, 0.6) is 0 Å². The quantitative estimate of drug-likeness (QED) is 0.420. The van der Waals surface area contributed by atoms with E-state index in [0.29, 0.717) is 18.7 Å². The summed E-state index contributed by atoms with van der Waals surface area (Å²) in [5.74, 6) is 5.78. The standard InChI is InChI=1S/C22H17FIN3O/c23-19-7-4-16(5-8-19)3-6-18-14-20(9-10-21(18)24)27-22(28)26-13-11-17-2-1-12-25-15-17/h1-2,4-5,7-10,12,14-15H,11,13H2,(H2,26,27,28). The number of hydrogen-bond acceptors (Lipinski definition) is 2. The van der Waals surface area contributed by atoms with Gasteiger partial charge in [-0.15, -0.1) is 0 Å². The molecule has 1 heterocycles. The lowest BCUT2D eigenvalue weighted by Gasteiger charge is -2.08. The fourth-order valence-electron chi connectivity index (χ4n) is 2.41. The second-order valence-electron chi connectivity index (χ2n) is 5.94. The highest BCUT2D eigenvalue weighted by atomic mass is 127. The Morgan fingerprint density at radius 1 is 1.11 bits per heavy atom. The molecule has 1 aromatic heterocycles. The monoisotopic (exact) mass is 485 g/mol. The van der Waals surface area contributed by atoms with Gasteiger partial charge in [0.15, 0.2) is 0 Å². The van der Waals surface area contributed by atoms with E-state index >= 15 is 0 Å². The number of nitrogens with one attached hydrogen (secondary N) is 2. The first-order valence-electron chi connectivity index (χ1n) is 8.61. The molecule has 3 rings (SSSR count). The van der Waals surface area contributed by atoms with Gasteiger partial charge in [0.1, 0.15) is 5.82 Å². The summed E-state index contributed by atoms with van der Waals surface area (Å²) in [7, 11) is 0. The molecule has 0 saturated carbocycles. The average Bonchev–Trinajstić information content (AvgIpc) is 2.70. The molecule has 0 unspecified atom stereocenters. The number of urea groups is 1. The first-order chi connectivity index (χ1) is 13.6. The van der Waals surface area contributed by atoms with E-state index in [1.807, 2.05) is 30.3 Å². The van der Waals surface area contributed by atoms with E-state index in [1.165, 1.54) is 12.1 Å². The van der Waals surface area contributed by atoms with Gasteiger partial charge in [0, 0.05) is 39.3 Å². The second kappa shape index (κ2) is 9.85. The number of benzene rings is 2. The third-order valence-electron chi connectivity index (χ3n) is 3.83. The lowest BCUT2D eigenvalue weighted by atomic mass is 10.1. The highest BCUT2D eigenvalue weighted by Crippen LogP contribution is 2.17. The maximum atomic E-state index is 13.0. The van der Waals surface area contributed by atoms with Crippen LogP contribution >= 0.6 is 22.6 Å². The number of nitrogens with zero attached hydrogens (tertiary/aromatic N) is 1. The van der Waals surface area contributed by atoms with Crippen LogP contribution in [-0.4, -0.2) is 17.6 Å². The number of hydrogen-bond donors (Lipinski definition) is 2. The van der Waals surface area contributed by atoms with E-state index in [1.54, 1.807) is 24.5 Å². The van der Waals surface area contributed by atoms with Gasteiger partial charge >= 0.3 is 6.03 Å². The molecule has 2 amide bonds. The van der Waals surface area contributed by atoms with Gasteiger partial charge in [-0.2, -0.15) is 0 Å². The summed E-state index contributed by atoms with van der Waals surface area (Å²) in [6.45, 7) is 0.513. The SMILES string of the molecule is O=C(NCCc1cccnc1)Nc1ccc(I)c(C#Cc2ccc(F)cc2)c1. The van der Waals surface area contributed by atoms with Crippen molar-refractivity contribution in [3.05, 3.63) is 93.1 Å². The van der Waals surface area contributed by atoms with Gasteiger partial charge in [0.25, 0.3) is 0 Å². The van der Waals surface area contributed by atoms with Gasteiger partial charge in [-0.1, -0.05) is 17.9 Å². The molecule has 0 saturated heterocycles. The number of carbonyl (C=O) groups is 1. The Hall–Kier alpha value is -2.92. The molecular formula is C22H17FIN3O. The molecule has 28 heavy (non-hydrogen) atoms. The highest BCUT2D eigenvalue weighted by molar-refractivity contribution is 14.1. The molecule has 0 spiro atoms. The van der Waals surface area contributed by atoms with Crippen LogP contribution in [0.3, 0.4) is 0 Å². The molecular weight excluding hydrogens is 468 g/mol. The van der Waals surface area contributed by atoms with Crippen molar-refractivity contribution in [2.45, 2.75) is 6.42 Å². The van der Waals surface area contributed by atoms with Crippen molar-refractivity contribution in [1.29, 1.82) is 0 Å². The van der Waals surface area contributed by atoms with Gasteiger partial charge in [0.05, 0.1) is 0 Å². The Bertz CT molecular complexity index is 1010. The summed E-state index contributed by atoms with van der Waals surface area (Å²) in [5.41, 5.74) is 3.24. The largest absolute Gasteiger partial charge is 0.338 e. The van der Waals surface area contributed by atoms with Gasteiger partial charge < -0.3 is 10.6 Å². The zero-order chi connectivity index (χ0) is 19.8. The third-order valence-corrected chi connectivity index (χ3v) is 4.77. The predicted octanol–water partition coefficient (Wildman–Crippen LogP) is 4.59. The molecule has 4 nitrogen and oxygen atoms in total. The molecule has 6 heteroatoms. The van der Waals surface area contributed by atoms with Crippen LogP contribution in [0.25, 0.3) is 0 Å². The van der Waals surface area contributed by atoms with Crippen molar-refractivity contribution in [2.24, 2.45) is 0 Å². The molecule has 0 aliphatic carbocycles. The van der Waals surface area contributed by atoms with Crippen molar-refractivity contribution in [3.63, 3.8) is 0 Å². The van der Waals surface area contributed by atoms with Crippen LogP contribution in [0.2, 0.25) is 0 Å². The molecule has 0 bridgehead atoms. The number of rotatable bonds is 4. The van der Waals surface area contributed by atoms with Crippen LogP contribution in [0.1, 0.15) is 16.7 Å². The maximum Gasteiger partial charge on any atom is 0.319 e. The summed E-state index contributed by atoms with van der Waals surface area (Å²) >= 11 is 2.19. The van der Waals surface area contributed by atoms with Crippen LogP contribution in [-0.2, 0) is 6.42 Å². The van der Waals surface area contributed by atoms with E-state index in [-0.39, 0.29) is 11.8 Å². The van der Waals surface area contributed by atoms with E-state index in [4.69, 9.17) is 0 Å². The smallest absolute Gasteiger partial charge is 0.319 e. The summed E-state index contributed by atoms with van der Waals surface area (Å²) in [4.78, 5) is 16.2. The van der Waals surface area contributed by atoms with Crippen molar-refractivity contribution in [1.82, 2.24) is 10.3 Å². The topological polar surface area (TPSA) is 54.0 Å². The Morgan fingerprint density at radius 3 is 2.68 bits per heavy atom. The molecule has 0 fully saturated rings. The van der Waals surface area contributed by atoms with Crippen molar-refractivity contribution in [3.8, 4) is 11.8 Å². The van der Waals surface area contributed by atoms with E-state index in [9.17, 15) is 9.18 Å². The van der Waals surface area contributed by atoms with Crippen molar-refractivity contribution < 1.29 is 9.18 Å². The normalized spacial score (nSPS) is 9.93.